The Balaban J connectivity index is 1.36. The normalized spacial score (nSPS) is 17.6. The Morgan fingerprint density at radius 3 is 2.39 bits per heavy atom. The van der Waals surface area contributed by atoms with Crippen LogP contribution in [0.5, 0.6) is 5.75 Å². The first-order valence-corrected chi connectivity index (χ1v) is 15.0. The van der Waals surface area contributed by atoms with Crippen LogP contribution in [0.2, 0.25) is 0 Å². The number of fused-ring (bicyclic) bond motifs is 1. The molecule has 0 spiro atoms. The number of hydrogen-bond donors (Lipinski definition) is 0. The lowest BCUT2D eigenvalue weighted by Gasteiger charge is -2.48. The van der Waals surface area contributed by atoms with E-state index < -0.39 is 0 Å². The molecule has 0 bridgehead atoms. The molecule has 216 valence electrons. The van der Waals surface area contributed by atoms with Gasteiger partial charge in [-0.25, -0.2) is 9.97 Å². The average molecular weight is 553 g/mol. The van der Waals surface area contributed by atoms with E-state index in [0.29, 0.717) is 6.04 Å². The summed E-state index contributed by atoms with van der Waals surface area (Å²) >= 11 is 0. The van der Waals surface area contributed by atoms with E-state index >= 15 is 0 Å². The largest absolute Gasteiger partial charge is 0.497 e. The van der Waals surface area contributed by atoms with Gasteiger partial charge in [-0.05, 0) is 86.4 Å². The highest BCUT2D eigenvalue weighted by molar-refractivity contribution is 5.76. The topological polar surface area (TPSA) is 59.3 Å². The fraction of sp³-hybridized carbons (Fsp3) is 0.500. The van der Waals surface area contributed by atoms with Crippen LogP contribution in [0, 0.1) is 6.92 Å². The minimum absolute atomic E-state index is 0.0947. The Hall–Kier alpha value is -3.61. The Bertz CT molecular complexity index is 1540. The predicted molar refractivity (Wildman–Crippen MR) is 168 cm³/mol. The molecule has 3 heterocycles. The van der Waals surface area contributed by atoms with Gasteiger partial charge in [-0.1, -0.05) is 39.0 Å². The molecule has 2 aromatic carbocycles. The molecule has 2 aromatic heterocycles. The first-order valence-electron chi connectivity index (χ1n) is 15.0. The molecule has 1 aliphatic carbocycles. The average Bonchev–Trinajstić information content (AvgIpc) is 3.31. The summed E-state index contributed by atoms with van der Waals surface area (Å²) in [7, 11) is 1.71. The van der Waals surface area contributed by atoms with Gasteiger partial charge in [0.25, 0.3) is 0 Å². The SMILES string of the molecule is COc1ccc(N2CCN(c3nc(Cc4cc(C(C)(C)C)ccc4C)c4c(ncn4C4CCC4)n3)CC2(C)C)cc1. The first-order chi connectivity index (χ1) is 19.5. The van der Waals surface area contributed by atoms with Crippen LogP contribution in [0.1, 0.15) is 82.3 Å². The molecule has 4 aromatic rings. The van der Waals surface area contributed by atoms with E-state index in [1.807, 2.05) is 18.5 Å². The summed E-state index contributed by atoms with van der Waals surface area (Å²) in [5.74, 6) is 1.67. The quantitative estimate of drug-likeness (QED) is 0.260. The summed E-state index contributed by atoms with van der Waals surface area (Å²) in [4.78, 5) is 20.1. The van der Waals surface area contributed by atoms with Crippen molar-refractivity contribution < 1.29 is 4.74 Å². The van der Waals surface area contributed by atoms with Crippen LogP contribution in [0.25, 0.3) is 11.2 Å². The lowest BCUT2D eigenvalue weighted by molar-refractivity contribution is 0.320. The van der Waals surface area contributed by atoms with E-state index in [0.717, 1.165) is 54.6 Å². The predicted octanol–water partition coefficient (Wildman–Crippen LogP) is 6.86. The molecule has 0 atom stereocenters. The van der Waals surface area contributed by atoms with E-state index in [4.69, 9.17) is 19.7 Å². The molecule has 0 N–H and O–H groups in total. The highest BCUT2D eigenvalue weighted by atomic mass is 16.5. The van der Waals surface area contributed by atoms with Gasteiger partial charge in [0.2, 0.25) is 5.95 Å². The molecule has 41 heavy (non-hydrogen) atoms. The molecule has 0 radical (unpaired) electrons. The minimum Gasteiger partial charge on any atom is -0.497 e. The second-order valence-electron chi connectivity index (χ2n) is 13.5. The maximum atomic E-state index is 5.38. The van der Waals surface area contributed by atoms with Crippen molar-refractivity contribution in [2.24, 2.45) is 0 Å². The number of rotatable bonds is 6. The number of piperazine rings is 1. The van der Waals surface area contributed by atoms with Gasteiger partial charge in [0.1, 0.15) is 11.3 Å². The molecular formula is C34H44N6O. The Morgan fingerprint density at radius 1 is 1.00 bits per heavy atom. The number of anilines is 2. The molecular weight excluding hydrogens is 508 g/mol. The summed E-state index contributed by atoms with van der Waals surface area (Å²) < 4.78 is 7.73. The van der Waals surface area contributed by atoms with Crippen LogP contribution in [0.4, 0.5) is 11.6 Å². The fourth-order valence-electron chi connectivity index (χ4n) is 6.29. The zero-order valence-corrected chi connectivity index (χ0v) is 25.7. The van der Waals surface area contributed by atoms with E-state index in [1.165, 1.54) is 41.6 Å². The van der Waals surface area contributed by atoms with Crippen molar-refractivity contribution in [3.63, 3.8) is 0 Å². The van der Waals surface area contributed by atoms with E-state index in [9.17, 15) is 0 Å². The maximum Gasteiger partial charge on any atom is 0.227 e. The van der Waals surface area contributed by atoms with Crippen LogP contribution in [0.3, 0.4) is 0 Å². The molecule has 0 unspecified atom stereocenters. The van der Waals surface area contributed by atoms with E-state index in [1.54, 1.807) is 7.11 Å². The minimum atomic E-state index is -0.103. The summed E-state index contributed by atoms with van der Waals surface area (Å²) in [5, 5.41) is 0. The molecule has 7 heteroatoms. The fourth-order valence-corrected chi connectivity index (χ4v) is 6.29. The van der Waals surface area contributed by atoms with Gasteiger partial charge in [-0.15, -0.1) is 0 Å². The second-order valence-corrected chi connectivity index (χ2v) is 13.5. The standard InChI is InChI=1S/C34H44N6O/c1-23-11-12-25(33(2,3)4)19-24(23)20-29-30-31(35-22-39(30)26-9-8-10-26)37-32(36-29)38-17-18-40(34(5,6)21-38)27-13-15-28(41-7)16-14-27/h11-16,19,22,26H,8-10,17-18,20-21H2,1-7H3. The lowest BCUT2D eigenvalue weighted by Crippen LogP contribution is -2.60. The van der Waals surface area contributed by atoms with Gasteiger partial charge >= 0.3 is 0 Å². The molecule has 2 aliphatic rings. The zero-order chi connectivity index (χ0) is 28.9. The smallest absolute Gasteiger partial charge is 0.227 e. The van der Waals surface area contributed by atoms with Crippen molar-refractivity contribution in [2.45, 2.75) is 84.2 Å². The molecule has 1 aliphatic heterocycles. The molecule has 0 amide bonds. The van der Waals surface area contributed by atoms with Crippen LogP contribution in [0.15, 0.2) is 48.8 Å². The number of aromatic nitrogens is 4. The highest BCUT2D eigenvalue weighted by Gasteiger charge is 2.35. The summed E-state index contributed by atoms with van der Waals surface area (Å²) in [6.07, 6.45) is 6.45. The Kier molecular flexibility index (Phi) is 6.95. The highest BCUT2D eigenvalue weighted by Crippen LogP contribution is 2.36. The van der Waals surface area contributed by atoms with Crippen molar-refractivity contribution in [3.05, 3.63) is 71.2 Å². The number of methoxy groups -OCH3 is 1. The van der Waals surface area contributed by atoms with Crippen LogP contribution >= 0.6 is 0 Å². The van der Waals surface area contributed by atoms with Crippen molar-refractivity contribution in [1.82, 2.24) is 19.5 Å². The van der Waals surface area contributed by atoms with E-state index in [-0.39, 0.29) is 11.0 Å². The van der Waals surface area contributed by atoms with Gasteiger partial charge in [0.15, 0.2) is 5.65 Å². The molecule has 2 fully saturated rings. The van der Waals surface area contributed by atoms with Crippen LogP contribution in [-0.4, -0.2) is 51.8 Å². The third-order valence-corrected chi connectivity index (χ3v) is 9.10. The monoisotopic (exact) mass is 552 g/mol. The van der Waals surface area contributed by atoms with Gasteiger partial charge in [0.05, 0.1) is 24.7 Å². The number of aryl methyl sites for hydroxylation is 1. The first kappa shape index (κ1) is 27.6. The van der Waals surface area contributed by atoms with Gasteiger partial charge in [-0.3, -0.25) is 0 Å². The van der Waals surface area contributed by atoms with Crippen molar-refractivity contribution in [2.75, 3.05) is 36.5 Å². The third kappa shape index (κ3) is 5.27. The molecule has 7 nitrogen and oxygen atoms in total. The van der Waals surface area contributed by atoms with Crippen molar-refractivity contribution in [3.8, 4) is 5.75 Å². The maximum absolute atomic E-state index is 5.38. The Morgan fingerprint density at radius 2 is 1.76 bits per heavy atom. The van der Waals surface area contributed by atoms with Crippen LogP contribution in [-0.2, 0) is 11.8 Å². The molecule has 6 rings (SSSR count). The van der Waals surface area contributed by atoms with Gasteiger partial charge < -0.3 is 19.1 Å². The summed E-state index contributed by atoms with van der Waals surface area (Å²) in [5.41, 5.74) is 8.19. The summed E-state index contributed by atoms with van der Waals surface area (Å²) in [6, 6.07) is 15.8. The third-order valence-electron chi connectivity index (χ3n) is 9.10. The number of ether oxygens (including phenoxy) is 1. The zero-order valence-electron chi connectivity index (χ0n) is 25.7. The van der Waals surface area contributed by atoms with Crippen molar-refractivity contribution in [1.29, 1.82) is 0 Å². The second kappa shape index (κ2) is 10.3. The lowest BCUT2D eigenvalue weighted by atomic mass is 9.84. The van der Waals surface area contributed by atoms with Crippen LogP contribution < -0.4 is 14.5 Å². The Labute approximate surface area is 244 Å². The van der Waals surface area contributed by atoms with E-state index in [2.05, 4.69) is 86.2 Å². The summed E-state index contributed by atoms with van der Waals surface area (Å²) in [6.45, 7) is 16.2. The van der Waals surface area contributed by atoms with Crippen molar-refractivity contribution >= 4 is 22.8 Å². The number of hydrogen-bond acceptors (Lipinski definition) is 6. The molecule has 1 saturated carbocycles. The number of benzene rings is 2. The van der Waals surface area contributed by atoms with Gasteiger partial charge in [0, 0.05) is 37.8 Å². The van der Waals surface area contributed by atoms with Gasteiger partial charge in [-0.2, -0.15) is 4.98 Å². The number of imidazole rings is 1. The number of nitrogens with zero attached hydrogens (tertiary/aromatic N) is 6. The molecule has 1 saturated heterocycles.